The van der Waals surface area contributed by atoms with E-state index in [1.807, 2.05) is 0 Å². The summed E-state index contributed by atoms with van der Waals surface area (Å²) in [4.78, 5) is 0. The summed E-state index contributed by atoms with van der Waals surface area (Å²) >= 11 is 0. The Hall–Kier alpha value is -0.593. The minimum atomic E-state index is -0.719. The first-order chi connectivity index (χ1) is 13.5. The number of hydrogen-bond acceptors (Lipinski definition) is 4. The average molecular weight is 429 g/mol. The van der Waals surface area contributed by atoms with Crippen molar-refractivity contribution in [3.63, 3.8) is 0 Å². The van der Waals surface area contributed by atoms with E-state index in [0.29, 0.717) is 0 Å². The van der Waals surface area contributed by atoms with Gasteiger partial charge in [0.05, 0.1) is 36.9 Å². The Morgan fingerprint density at radius 1 is 0.667 bits per heavy atom. The van der Waals surface area contributed by atoms with Crippen molar-refractivity contribution in [1.29, 1.82) is 0 Å². The molecule has 0 aromatic heterocycles. The van der Waals surface area contributed by atoms with Gasteiger partial charge in [0, 0.05) is 0 Å². The van der Waals surface area contributed by atoms with Gasteiger partial charge in [-0.2, -0.15) is 0 Å². The fraction of sp³-hybridized carbons (Fsp3) is 0.739. The Bertz CT molecular complexity index is 752. The molecular weight excluding hydrogens is 390 g/mol. The Morgan fingerprint density at radius 2 is 1.00 bits per heavy atom. The molecule has 2 aliphatic rings. The quantitative estimate of drug-likeness (QED) is 0.656. The molecule has 1 radical (unpaired) electrons. The first-order valence-corrected chi connectivity index (χ1v) is 13.6. The first kappa shape index (κ1) is 24.1. The summed E-state index contributed by atoms with van der Waals surface area (Å²) in [6.45, 7) is 25.8. The van der Waals surface area contributed by atoms with Crippen molar-refractivity contribution in [1.82, 2.24) is 0 Å². The molecule has 1 aromatic rings. The van der Waals surface area contributed by atoms with E-state index in [4.69, 9.17) is 18.6 Å². The number of hydrogen-bond donors (Lipinski definition) is 0. The maximum absolute atomic E-state index is 6.56. The van der Waals surface area contributed by atoms with Gasteiger partial charge in [0.2, 0.25) is 0 Å². The van der Waals surface area contributed by atoms with Crippen LogP contribution in [-0.2, 0) is 18.6 Å². The van der Waals surface area contributed by atoms with E-state index in [1.165, 1.54) is 21.9 Å². The molecule has 0 spiro atoms. The molecule has 1 aromatic carbocycles. The number of aryl methyl sites for hydroxylation is 2. The third kappa shape index (κ3) is 3.97. The number of rotatable bonds is 4. The van der Waals surface area contributed by atoms with Gasteiger partial charge in [-0.15, -0.1) is 0 Å². The summed E-state index contributed by atoms with van der Waals surface area (Å²) in [6, 6.07) is 4.66. The van der Waals surface area contributed by atoms with Crippen LogP contribution in [0.2, 0.25) is 13.1 Å². The lowest BCUT2D eigenvalue weighted by molar-refractivity contribution is 0.00578. The van der Waals surface area contributed by atoms with E-state index < -0.39 is 45.4 Å². The van der Waals surface area contributed by atoms with E-state index in [2.05, 4.69) is 94.5 Å². The van der Waals surface area contributed by atoms with Crippen LogP contribution >= 0.6 is 0 Å². The zero-order valence-electron chi connectivity index (χ0n) is 21.0. The average Bonchev–Trinajstić information content (AvgIpc) is 2.89. The maximum Gasteiger partial charge on any atom is 0.463 e. The van der Waals surface area contributed by atoms with Gasteiger partial charge in [0.15, 0.2) is 0 Å². The lowest BCUT2D eigenvalue weighted by atomic mass is 9.49. The molecule has 0 unspecified atom stereocenters. The summed E-state index contributed by atoms with van der Waals surface area (Å²) in [5, 5.41) is 1.40. The third-order valence-corrected chi connectivity index (χ3v) is 9.20. The highest BCUT2D eigenvalue weighted by Gasteiger charge is 2.62. The van der Waals surface area contributed by atoms with Crippen LogP contribution in [0.15, 0.2) is 12.1 Å². The predicted molar refractivity (Wildman–Crippen MR) is 128 cm³/mol. The van der Waals surface area contributed by atoms with Crippen LogP contribution in [0.1, 0.15) is 77.8 Å². The van der Waals surface area contributed by atoms with Gasteiger partial charge in [0.25, 0.3) is 0 Å². The van der Waals surface area contributed by atoms with Gasteiger partial charge in [-0.25, -0.2) is 0 Å². The standard InChI is InChI=1S/C23H39B2O4Si/c1-15-13-17(18(30(11)12)14-16(15)2)19(24-26-20(3,4)21(5,6)27-24)25-28-22(7,8)23(9,10)29-25/h13-14,19H,1-12H3. The van der Waals surface area contributed by atoms with Crippen molar-refractivity contribution < 1.29 is 18.6 Å². The van der Waals surface area contributed by atoms with E-state index in [9.17, 15) is 0 Å². The Kier molecular flexibility index (Phi) is 6.00. The zero-order chi connectivity index (χ0) is 22.9. The molecule has 0 amide bonds. The second-order valence-electron chi connectivity index (χ2n) is 11.3. The highest BCUT2D eigenvalue weighted by atomic mass is 28.3. The fourth-order valence-corrected chi connectivity index (χ4v) is 5.36. The smallest absolute Gasteiger partial charge is 0.403 e. The maximum atomic E-state index is 6.56. The van der Waals surface area contributed by atoms with Crippen LogP contribution in [0.25, 0.3) is 0 Å². The van der Waals surface area contributed by atoms with Gasteiger partial charge >= 0.3 is 14.2 Å². The molecule has 0 bridgehead atoms. The fourth-order valence-electron chi connectivity index (χ4n) is 4.04. The molecule has 7 heteroatoms. The molecule has 165 valence electrons. The molecule has 0 N–H and O–H groups in total. The Balaban J connectivity index is 2.15. The van der Waals surface area contributed by atoms with E-state index in [0.717, 1.165) is 0 Å². The van der Waals surface area contributed by atoms with Gasteiger partial charge in [-0.3, -0.25) is 0 Å². The molecule has 0 atom stereocenters. The monoisotopic (exact) mass is 429 g/mol. The first-order valence-electron chi connectivity index (χ1n) is 11.1. The van der Waals surface area contributed by atoms with Gasteiger partial charge < -0.3 is 18.6 Å². The topological polar surface area (TPSA) is 36.9 Å². The molecule has 0 saturated carbocycles. The molecule has 4 nitrogen and oxygen atoms in total. The highest BCUT2D eigenvalue weighted by molar-refractivity contribution is 6.74. The summed E-state index contributed by atoms with van der Waals surface area (Å²) in [5.74, 6) is 0. The minimum Gasteiger partial charge on any atom is -0.403 e. The van der Waals surface area contributed by atoms with Crippen LogP contribution in [0.3, 0.4) is 0 Å². The lowest BCUT2D eigenvalue weighted by Crippen LogP contribution is -2.45. The van der Waals surface area contributed by atoms with E-state index in [1.54, 1.807) is 0 Å². The summed E-state index contributed by atoms with van der Waals surface area (Å²) in [7, 11) is -1.59. The van der Waals surface area contributed by atoms with Crippen LogP contribution in [-0.4, -0.2) is 45.4 Å². The second kappa shape index (κ2) is 7.48. The van der Waals surface area contributed by atoms with E-state index in [-0.39, 0.29) is 5.72 Å². The summed E-state index contributed by atoms with van der Waals surface area (Å²) in [5.41, 5.74) is 2.03. The van der Waals surface area contributed by atoms with Gasteiger partial charge in [-0.05, 0) is 85.9 Å². The summed E-state index contributed by atoms with van der Waals surface area (Å²) < 4.78 is 26.3. The summed E-state index contributed by atoms with van der Waals surface area (Å²) in [6.07, 6.45) is 0. The van der Waals surface area contributed by atoms with Gasteiger partial charge in [-0.1, -0.05) is 30.4 Å². The third-order valence-electron chi connectivity index (χ3n) is 7.69. The van der Waals surface area contributed by atoms with Crippen LogP contribution in [0.4, 0.5) is 0 Å². The predicted octanol–water partition coefficient (Wildman–Crippen LogP) is 4.61. The SMILES string of the molecule is Cc1cc(C(B2OC(C)(C)C(C)(C)O2)B2OC(C)(C)C(C)(C)O2)c([Si](C)C)cc1C. The molecule has 2 saturated heterocycles. The molecule has 30 heavy (non-hydrogen) atoms. The van der Waals surface area contributed by atoms with Crippen molar-refractivity contribution >= 4 is 28.2 Å². The van der Waals surface area contributed by atoms with Gasteiger partial charge in [0.1, 0.15) is 0 Å². The highest BCUT2D eigenvalue weighted by Crippen LogP contribution is 2.46. The normalized spacial score (nSPS) is 24.3. The van der Waals surface area contributed by atoms with Crippen LogP contribution < -0.4 is 5.19 Å². The molecule has 2 heterocycles. The van der Waals surface area contributed by atoms with Crippen molar-refractivity contribution in [2.75, 3.05) is 0 Å². The number of benzene rings is 1. The minimum absolute atomic E-state index is 0.165. The van der Waals surface area contributed by atoms with Crippen molar-refractivity contribution in [3.8, 4) is 0 Å². The molecule has 0 aliphatic carbocycles. The molecule has 3 rings (SSSR count). The zero-order valence-corrected chi connectivity index (χ0v) is 22.0. The van der Waals surface area contributed by atoms with Crippen LogP contribution in [0.5, 0.6) is 0 Å². The van der Waals surface area contributed by atoms with Crippen molar-refractivity contribution in [3.05, 3.63) is 28.8 Å². The molecule has 2 aliphatic heterocycles. The Morgan fingerprint density at radius 3 is 1.33 bits per heavy atom. The van der Waals surface area contributed by atoms with Crippen molar-refractivity contribution in [2.24, 2.45) is 0 Å². The lowest BCUT2D eigenvalue weighted by Gasteiger charge is -2.32. The Labute approximate surface area is 186 Å². The second-order valence-corrected chi connectivity index (χ2v) is 13.8. The molecule has 2 fully saturated rings. The van der Waals surface area contributed by atoms with Crippen LogP contribution in [0, 0.1) is 13.8 Å². The van der Waals surface area contributed by atoms with Crippen molar-refractivity contribution in [2.45, 2.75) is 110 Å². The largest absolute Gasteiger partial charge is 0.463 e. The van der Waals surface area contributed by atoms with E-state index >= 15 is 0 Å². The molecular formula is C23H39B2O4Si.